The Balaban J connectivity index is 2.71. The Morgan fingerprint density at radius 2 is 2.27 bits per heavy atom. The predicted octanol–water partition coefficient (Wildman–Crippen LogP) is 2.33. The zero-order valence-electron chi connectivity index (χ0n) is 6.21. The molecule has 1 nitrogen and oxygen atoms in total. The first-order valence-electron chi connectivity index (χ1n) is 3.23. The van der Waals surface area contributed by atoms with Crippen LogP contribution in [0.2, 0.25) is 0 Å². The van der Waals surface area contributed by atoms with Crippen LogP contribution in [0.3, 0.4) is 0 Å². The number of benzene rings is 1. The average Bonchev–Trinajstić information content (AvgIpc) is 1.85. The zero-order valence-corrected chi connectivity index (χ0v) is 8.61. The van der Waals surface area contributed by atoms with Crippen LogP contribution in [0.15, 0.2) is 28.7 Å². The van der Waals surface area contributed by atoms with Gasteiger partial charge in [0.05, 0.1) is 6.26 Å². The largest absolute Gasteiger partial charge is 0.616 e. The van der Waals surface area contributed by atoms with E-state index in [9.17, 15) is 4.55 Å². The summed E-state index contributed by atoms with van der Waals surface area (Å²) < 4.78 is 11.9. The van der Waals surface area contributed by atoms with Crippen LogP contribution in [-0.4, -0.2) is 10.8 Å². The fraction of sp³-hybridized carbons (Fsp3) is 0.250. The molecule has 0 bridgehead atoms. The molecule has 1 unspecified atom stereocenters. The maximum atomic E-state index is 10.8. The van der Waals surface area contributed by atoms with Crippen molar-refractivity contribution < 1.29 is 4.55 Å². The molecular formula is C8H9BrOS. The molecule has 0 spiro atoms. The highest BCUT2D eigenvalue weighted by molar-refractivity contribution is 9.10. The van der Waals surface area contributed by atoms with E-state index in [1.165, 1.54) is 0 Å². The molecule has 0 saturated heterocycles. The molecule has 0 N–H and O–H groups in total. The summed E-state index contributed by atoms with van der Waals surface area (Å²) in [5, 5.41) is 0. The monoisotopic (exact) mass is 232 g/mol. The summed E-state index contributed by atoms with van der Waals surface area (Å²) >= 11 is 2.61. The Morgan fingerprint density at radius 1 is 1.55 bits per heavy atom. The lowest BCUT2D eigenvalue weighted by molar-refractivity contribution is 0.600. The molecule has 60 valence electrons. The summed E-state index contributed by atoms with van der Waals surface area (Å²) in [5.41, 5.74) is 1.11. The molecule has 0 saturated carbocycles. The van der Waals surface area contributed by atoms with E-state index in [1.54, 1.807) is 6.26 Å². The highest BCUT2D eigenvalue weighted by Gasteiger charge is 1.99. The van der Waals surface area contributed by atoms with Gasteiger partial charge in [-0.15, -0.1) is 0 Å². The lowest BCUT2D eigenvalue weighted by atomic mass is 10.2. The van der Waals surface area contributed by atoms with E-state index in [1.807, 2.05) is 24.3 Å². The van der Waals surface area contributed by atoms with Crippen LogP contribution >= 0.6 is 15.9 Å². The van der Waals surface area contributed by atoms with Gasteiger partial charge < -0.3 is 4.55 Å². The van der Waals surface area contributed by atoms with Gasteiger partial charge in [0.25, 0.3) is 0 Å². The maximum absolute atomic E-state index is 10.8. The summed E-state index contributed by atoms with van der Waals surface area (Å²) in [4.78, 5) is 0. The lowest BCUT2D eigenvalue weighted by Gasteiger charge is -2.04. The number of hydrogen-bond donors (Lipinski definition) is 0. The quantitative estimate of drug-likeness (QED) is 0.719. The minimum Gasteiger partial charge on any atom is -0.616 e. The molecule has 1 atom stereocenters. The third kappa shape index (κ3) is 3.27. The van der Waals surface area contributed by atoms with Crippen molar-refractivity contribution in [3.63, 3.8) is 0 Å². The van der Waals surface area contributed by atoms with Gasteiger partial charge in [0.15, 0.2) is 0 Å². The maximum Gasteiger partial charge on any atom is 0.130 e. The number of halogens is 1. The van der Waals surface area contributed by atoms with Gasteiger partial charge in [-0.25, -0.2) is 0 Å². The molecule has 1 rings (SSSR count). The van der Waals surface area contributed by atoms with Gasteiger partial charge in [-0.3, -0.25) is 0 Å². The molecule has 0 fully saturated rings. The Bertz CT molecular complexity index is 237. The smallest absolute Gasteiger partial charge is 0.130 e. The van der Waals surface area contributed by atoms with Crippen molar-refractivity contribution in [2.24, 2.45) is 0 Å². The van der Waals surface area contributed by atoms with E-state index in [0.29, 0.717) is 5.75 Å². The molecular weight excluding hydrogens is 224 g/mol. The molecule has 1 aromatic rings. The fourth-order valence-electron chi connectivity index (χ4n) is 0.861. The standard InChI is InChI=1S/C8H9BrOS/c1-11(10)6-7-3-2-4-8(9)5-7/h2-5H,6H2,1H3. The fourth-order valence-corrected chi connectivity index (χ4v) is 1.96. The Kier molecular flexibility index (Phi) is 3.43. The van der Waals surface area contributed by atoms with Crippen molar-refractivity contribution in [1.82, 2.24) is 0 Å². The first kappa shape index (κ1) is 9.10. The molecule has 3 heteroatoms. The molecule has 0 amide bonds. The molecule has 0 aromatic heterocycles. The van der Waals surface area contributed by atoms with Crippen molar-refractivity contribution in [1.29, 1.82) is 0 Å². The summed E-state index contributed by atoms with van der Waals surface area (Å²) in [6, 6.07) is 7.88. The van der Waals surface area contributed by atoms with Crippen molar-refractivity contribution in [2.45, 2.75) is 5.75 Å². The average molecular weight is 233 g/mol. The molecule has 11 heavy (non-hydrogen) atoms. The first-order chi connectivity index (χ1) is 5.18. The van der Waals surface area contributed by atoms with E-state index in [4.69, 9.17) is 0 Å². The molecule has 0 aliphatic rings. The van der Waals surface area contributed by atoms with E-state index < -0.39 is 11.2 Å². The van der Waals surface area contributed by atoms with Crippen molar-refractivity contribution in [3.8, 4) is 0 Å². The Hall–Kier alpha value is 0.01000. The second-order valence-corrected chi connectivity index (χ2v) is 4.70. The summed E-state index contributed by atoms with van der Waals surface area (Å²) in [5.74, 6) is 0.638. The van der Waals surface area contributed by atoms with Crippen LogP contribution in [0.4, 0.5) is 0 Å². The molecule has 0 heterocycles. The highest BCUT2D eigenvalue weighted by Crippen LogP contribution is 2.13. The van der Waals surface area contributed by atoms with E-state index in [0.717, 1.165) is 10.0 Å². The van der Waals surface area contributed by atoms with Crippen molar-refractivity contribution in [2.75, 3.05) is 6.26 Å². The topological polar surface area (TPSA) is 23.1 Å². The van der Waals surface area contributed by atoms with Gasteiger partial charge in [-0.05, 0) is 12.1 Å². The molecule has 0 aliphatic heterocycles. The SMILES string of the molecule is C[S+]([O-])Cc1cccc(Br)c1. The van der Waals surface area contributed by atoms with Crippen LogP contribution in [0, 0.1) is 0 Å². The number of rotatable bonds is 2. The summed E-state index contributed by atoms with van der Waals surface area (Å²) in [7, 11) is 0. The highest BCUT2D eigenvalue weighted by atomic mass is 79.9. The van der Waals surface area contributed by atoms with E-state index in [-0.39, 0.29) is 0 Å². The van der Waals surface area contributed by atoms with Gasteiger partial charge in [0.1, 0.15) is 5.75 Å². The lowest BCUT2D eigenvalue weighted by Crippen LogP contribution is -2.00. The zero-order chi connectivity index (χ0) is 8.27. The minimum absolute atomic E-state index is 0.638. The van der Waals surface area contributed by atoms with E-state index >= 15 is 0 Å². The van der Waals surface area contributed by atoms with Gasteiger partial charge >= 0.3 is 0 Å². The second kappa shape index (κ2) is 4.14. The summed E-state index contributed by atoms with van der Waals surface area (Å²) in [6.07, 6.45) is 1.71. The number of hydrogen-bond acceptors (Lipinski definition) is 1. The summed E-state index contributed by atoms with van der Waals surface area (Å²) in [6.45, 7) is 0. The Morgan fingerprint density at radius 3 is 2.82 bits per heavy atom. The van der Waals surface area contributed by atoms with Crippen LogP contribution in [0.25, 0.3) is 0 Å². The van der Waals surface area contributed by atoms with Gasteiger partial charge in [0, 0.05) is 10.0 Å². The van der Waals surface area contributed by atoms with Crippen LogP contribution in [0.5, 0.6) is 0 Å². The van der Waals surface area contributed by atoms with Crippen molar-refractivity contribution in [3.05, 3.63) is 34.3 Å². The Labute approximate surface area is 78.1 Å². The van der Waals surface area contributed by atoms with Crippen LogP contribution < -0.4 is 0 Å². The van der Waals surface area contributed by atoms with Crippen molar-refractivity contribution >= 4 is 27.1 Å². The van der Waals surface area contributed by atoms with Crippen LogP contribution in [0.1, 0.15) is 5.56 Å². The second-order valence-electron chi connectivity index (χ2n) is 2.35. The first-order valence-corrected chi connectivity index (χ1v) is 5.75. The third-order valence-corrected chi connectivity index (χ3v) is 2.49. The van der Waals surface area contributed by atoms with E-state index in [2.05, 4.69) is 15.9 Å². The minimum atomic E-state index is -0.746. The van der Waals surface area contributed by atoms with Crippen LogP contribution in [-0.2, 0) is 16.9 Å². The predicted molar refractivity (Wildman–Crippen MR) is 51.9 cm³/mol. The van der Waals surface area contributed by atoms with Gasteiger partial charge in [-0.1, -0.05) is 39.2 Å². The molecule has 0 aliphatic carbocycles. The normalized spacial score (nSPS) is 13.0. The molecule has 1 aromatic carbocycles. The molecule has 0 radical (unpaired) electrons. The van der Waals surface area contributed by atoms with Gasteiger partial charge in [0.2, 0.25) is 0 Å². The van der Waals surface area contributed by atoms with Gasteiger partial charge in [-0.2, -0.15) is 0 Å². The third-order valence-electron chi connectivity index (χ3n) is 1.26.